The number of rotatable bonds is 6. The van der Waals surface area contributed by atoms with Crippen LogP contribution >= 0.6 is 0 Å². The molecule has 2 aliphatic rings. The van der Waals surface area contributed by atoms with Crippen LogP contribution in [0.3, 0.4) is 0 Å². The van der Waals surface area contributed by atoms with Crippen LogP contribution in [0.15, 0.2) is 24.3 Å². The number of hydrazine groups is 1. The van der Waals surface area contributed by atoms with Gasteiger partial charge in [-0.05, 0) is 50.6 Å². The minimum Gasteiger partial charge on any atom is -0.494 e. The van der Waals surface area contributed by atoms with Crippen molar-refractivity contribution in [3.05, 3.63) is 24.3 Å². The summed E-state index contributed by atoms with van der Waals surface area (Å²) in [7, 11) is 0. The van der Waals surface area contributed by atoms with Crippen LogP contribution in [0.5, 0.6) is 5.75 Å². The van der Waals surface area contributed by atoms with Crippen LogP contribution < -0.4 is 25.8 Å². The van der Waals surface area contributed by atoms with Crippen molar-refractivity contribution in [2.75, 3.05) is 24.6 Å². The van der Waals surface area contributed by atoms with Crippen molar-refractivity contribution in [1.29, 1.82) is 0 Å². The molecule has 0 aromatic heterocycles. The monoisotopic (exact) mass is 360 g/mol. The van der Waals surface area contributed by atoms with Gasteiger partial charge in [0.05, 0.1) is 24.6 Å². The van der Waals surface area contributed by atoms with Gasteiger partial charge in [0.2, 0.25) is 11.8 Å². The molecule has 2 saturated heterocycles. The van der Waals surface area contributed by atoms with Crippen LogP contribution in [0.25, 0.3) is 0 Å². The summed E-state index contributed by atoms with van der Waals surface area (Å²) in [5.41, 5.74) is 5.82. The van der Waals surface area contributed by atoms with Crippen LogP contribution in [-0.2, 0) is 14.4 Å². The SMILES string of the molecule is CCOc1ccc(N2C(=O)C[C@@H](NNC(=O)[C@@H]3CCCNC3)C2=O)cc1. The van der Waals surface area contributed by atoms with Crippen molar-refractivity contribution < 1.29 is 19.1 Å². The first-order chi connectivity index (χ1) is 12.6. The van der Waals surface area contributed by atoms with Gasteiger partial charge >= 0.3 is 0 Å². The molecule has 1 aromatic carbocycles. The largest absolute Gasteiger partial charge is 0.494 e. The molecule has 3 N–H and O–H groups in total. The number of piperidine rings is 1. The fraction of sp³-hybridized carbons (Fsp3) is 0.500. The summed E-state index contributed by atoms with van der Waals surface area (Å²) >= 11 is 0. The van der Waals surface area contributed by atoms with Crippen molar-refractivity contribution in [3.8, 4) is 5.75 Å². The van der Waals surface area contributed by atoms with Gasteiger partial charge < -0.3 is 10.1 Å². The summed E-state index contributed by atoms with van der Waals surface area (Å²) in [6.07, 6.45) is 1.77. The molecule has 0 saturated carbocycles. The Bertz CT molecular complexity index is 670. The van der Waals surface area contributed by atoms with Gasteiger partial charge in [-0.2, -0.15) is 0 Å². The molecule has 0 unspecified atom stereocenters. The Kier molecular flexibility index (Phi) is 5.85. The molecular formula is C18H24N4O4. The van der Waals surface area contributed by atoms with Gasteiger partial charge in [0.25, 0.3) is 5.91 Å². The van der Waals surface area contributed by atoms with E-state index in [1.54, 1.807) is 24.3 Å². The highest BCUT2D eigenvalue weighted by Crippen LogP contribution is 2.25. The topological polar surface area (TPSA) is 99.8 Å². The zero-order valence-corrected chi connectivity index (χ0v) is 14.8. The number of ether oxygens (including phenoxy) is 1. The number of nitrogens with zero attached hydrogens (tertiary/aromatic N) is 1. The number of hydrogen-bond donors (Lipinski definition) is 3. The smallest absolute Gasteiger partial charge is 0.253 e. The molecule has 0 bridgehead atoms. The lowest BCUT2D eigenvalue weighted by Crippen LogP contribution is -2.51. The van der Waals surface area contributed by atoms with E-state index in [9.17, 15) is 14.4 Å². The molecule has 26 heavy (non-hydrogen) atoms. The minimum atomic E-state index is -0.755. The van der Waals surface area contributed by atoms with Gasteiger partial charge in [0.1, 0.15) is 11.8 Å². The molecule has 1 aromatic rings. The van der Waals surface area contributed by atoms with Crippen molar-refractivity contribution in [3.63, 3.8) is 0 Å². The highest BCUT2D eigenvalue weighted by Gasteiger charge is 2.40. The normalized spacial score (nSPS) is 23.2. The molecule has 2 atom stereocenters. The van der Waals surface area contributed by atoms with E-state index >= 15 is 0 Å². The quantitative estimate of drug-likeness (QED) is 0.500. The zero-order valence-electron chi connectivity index (χ0n) is 14.8. The van der Waals surface area contributed by atoms with Gasteiger partial charge in [-0.1, -0.05) is 0 Å². The summed E-state index contributed by atoms with van der Waals surface area (Å²) in [4.78, 5) is 38.1. The van der Waals surface area contributed by atoms with Gasteiger partial charge in [-0.15, -0.1) is 0 Å². The number of benzene rings is 1. The summed E-state index contributed by atoms with van der Waals surface area (Å²) in [6.45, 7) is 3.98. The van der Waals surface area contributed by atoms with Crippen molar-refractivity contribution >= 4 is 23.4 Å². The van der Waals surface area contributed by atoms with Crippen LogP contribution in [-0.4, -0.2) is 43.5 Å². The second kappa shape index (κ2) is 8.29. The number of anilines is 1. The molecule has 0 radical (unpaired) electrons. The van der Waals surface area contributed by atoms with E-state index in [0.29, 0.717) is 24.6 Å². The first-order valence-electron chi connectivity index (χ1n) is 8.96. The first kappa shape index (κ1) is 18.3. The average molecular weight is 360 g/mol. The van der Waals surface area contributed by atoms with Crippen molar-refractivity contribution in [2.45, 2.75) is 32.2 Å². The molecule has 2 heterocycles. The van der Waals surface area contributed by atoms with Crippen LogP contribution in [0.4, 0.5) is 5.69 Å². The average Bonchev–Trinajstić information content (AvgIpc) is 2.95. The fourth-order valence-electron chi connectivity index (χ4n) is 3.21. The molecule has 3 amide bonds. The predicted octanol–water partition coefficient (Wildman–Crippen LogP) is 0.338. The highest BCUT2D eigenvalue weighted by atomic mass is 16.5. The summed E-state index contributed by atoms with van der Waals surface area (Å²) in [5, 5.41) is 3.17. The van der Waals surface area contributed by atoms with E-state index in [0.717, 1.165) is 24.3 Å². The second-order valence-corrected chi connectivity index (χ2v) is 6.43. The number of imide groups is 1. The van der Waals surface area contributed by atoms with Gasteiger partial charge in [0.15, 0.2) is 0 Å². The van der Waals surface area contributed by atoms with Crippen LogP contribution in [0.1, 0.15) is 26.2 Å². The van der Waals surface area contributed by atoms with E-state index in [-0.39, 0.29) is 30.1 Å². The van der Waals surface area contributed by atoms with E-state index < -0.39 is 6.04 Å². The number of hydrogen-bond acceptors (Lipinski definition) is 6. The maximum absolute atomic E-state index is 12.6. The number of carbonyl (C=O) groups is 3. The maximum Gasteiger partial charge on any atom is 0.253 e. The highest BCUT2D eigenvalue weighted by molar-refractivity contribution is 6.22. The Morgan fingerprint density at radius 1 is 1.31 bits per heavy atom. The standard InChI is InChI=1S/C18H24N4O4/c1-2-26-14-7-5-13(6-8-14)22-16(23)10-15(18(22)25)20-21-17(24)12-4-3-9-19-11-12/h5-8,12,15,19-20H,2-4,9-11H2,1H3,(H,21,24)/t12-,15-/m1/s1. The Morgan fingerprint density at radius 3 is 2.73 bits per heavy atom. The molecule has 8 nitrogen and oxygen atoms in total. The lowest BCUT2D eigenvalue weighted by molar-refractivity contribution is -0.127. The van der Waals surface area contributed by atoms with Crippen molar-refractivity contribution in [1.82, 2.24) is 16.2 Å². The fourth-order valence-corrected chi connectivity index (χ4v) is 3.21. The Hall–Kier alpha value is -2.45. The Labute approximate surface area is 152 Å². The van der Waals surface area contributed by atoms with Crippen molar-refractivity contribution in [2.24, 2.45) is 5.92 Å². The molecule has 3 rings (SSSR count). The van der Waals surface area contributed by atoms with E-state index in [1.807, 2.05) is 6.92 Å². The van der Waals surface area contributed by atoms with E-state index in [1.165, 1.54) is 0 Å². The number of amides is 3. The molecule has 0 spiro atoms. The third-order valence-electron chi connectivity index (χ3n) is 4.59. The van der Waals surface area contributed by atoms with E-state index in [2.05, 4.69) is 16.2 Å². The summed E-state index contributed by atoms with van der Waals surface area (Å²) in [5.74, 6) is -0.271. The lowest BCUT2D eigenvalue weighted by atomic mass is 9.99. The third kappa shape index (κ3) is 4.03. The first-order valence-corrected chi connectivity index (χ1v) is 8.96. The molecule has 2 fully saturated rings. The molecule has 8 heteroatoms. The van der Waals surface area contributed by atoms with Crippen LogP contribution in [0, 0.1) is 5.92 Å². The molecule has 0 aliphatic carbocycles. The molecular weight excluding hydrogens is 336 g/mol. The number of carbonyl (C=O) groups excluding carboxylic acids is 3. The van der Waals surface area contributed by atoms with Gasteiger partial charge in [-0.25, -0.2) is 10.3 Å². The Balaban J connectivity index is 1.58. The van der Waals surface area contributed by atoms with E-state index in [4.69, 9.17) is 4.74 Å². The summed E-state index contributed by atoms with van der Waals surface area (Å²) in [6, 6.07) is 6.04. The number of nitrogens with one attached hydrogen (secondary N) is 3. The molecule has 2 aliphatic heterocycles. The zero-order chi connectivity index (χ0) is 18.5. The summed E-state index contributed by atoms with van der Waals surface area (Å²) < 4.78 is 5.37. The Morgan fingerprint density at radius 2 is 2.08 bits per heavy atom. The van der Waals surface area contributed by atoms with Crippen LogP contribution in [0.2, 0.25) is 0 Å². The van der Waals surface area contributed by atoms with Gasteiger partial charge in [0, 0.05) is 6.54 Å². The maximum atomic E-state index is 12.6. The lowest BCUT2D eigenvalue weighted by Gasteiger charge is -2.23. The molecule has 140 valence electrons. The second-order valence-electron chi connectivity index (χ2n) is 6.43. The third-order valence-corrected chi connectivity index (χ3v) is 4.59. The predicted molar refractivity (Wildman–Crippen MR) is 95.4 cm³/mol. The minimum absolute atomic E-state index is 0.00917. The van der Waals surface area contributed by atoms with Gasteiger partial charge in [-0.3, -0.25) is 19.8 Å².